The van der Waals surface area contributed by atoms with Gasteiger partial charge in [-0.05, 0) is 5.92 Å². The SMILES string of the molecule is COC(=O)CNc1c(N)n(CC(C)C)c(=O)n(C)c1=O. The molecule has 0 amide bonds. The summed E-state index contributed by atoms with van der Waals surface area (Å²) in [7, 11) is 2.61. The van der Waals surface area contributed by atoms with Gasteiger partial charge in [0.05, 0.1) is 7.11 Å². The van der Waals surface area contributed by atoms with Gasteiger partial charge in [-0.15, -0.1) is 0 Å². The van der Waals surface area contributed by atoms with E-state index < -0.39 is 17.2 Å². The Labute approximate surface area is 116 Å². The quantitative estimate of drug-likeness (QED) is 0.697. The van der Waals surface area contributed by atoms with Crippen molar-refractivity contribution in [3.05, 3.63) is 20.8 Å². The maximum atomic E-state index is 12.0. The van der Waals surface area contributed by atoms with Crippen LogP contribution >= 0.6 is 0 Å². The summed E-state index contributed by atoms with van der Waals surface area (Å²) < 4.78 is 6.75. The van der Waals surface area contributed by atoms with Crippen LogP contribution in [0.5, 0.6) is 0 Å². The lowest BCUT2D eigenvalue weighted by Gasteiger charge is -2.17. The van der Waals surface area contributed by atoms with Crippen LogP contribution in [0.4, 0.5) is 11.5 Å². The third-order valence-corrected chi connectivity index (χ3v) is 2.77. The second-order valence-electron chi connectivity index (χ2n) is 4.84. The van der Waals surface area contributed by atoms with E-state index >= 15 is 0 Å². The Kier molecular flexibility index (Phi) is 4.95. The van der Waals surface area contributed by atoms with Gasteiger partial charge in [0.15, 0.2) is 0 Å². The van der Waals surface area contributed by atoms with Crippen molar-refractivity contribution in [3.63, 3.8) is 0 Å². The Bertz CT molecular complexity index is 615. The summed E-state index contributed by atoms with van der Waals surface area (Å²) in [5.74, 6) is -0.329. The Balaban J connectivity index is 3.30. The number of nitrogens with two attached hydrogens (primary N) is 1. The molecule has 0 aliphatic rings. The highest BCUT2D eigenvalue weighted by molar-refractivity contribution is 5.76. The van der Waals surface area contributed by atoms with E-state index in [0.717, 1.165) is 4.57 Å². The van der Waals surface area contributed by atoms with Crippen LogP contribution in [0.15, 0.2) is 9.59 Å². The summed E-state index contributed by atoms with van der Waals surface area (Å²) in [5.41, 5.74) is 4.84. The van der Waals surface area contributed by atoms with Crippen LogP contribution in [0.25, 0.3) is 0 Å². The van der Waals surface area contributed by atoms with Gasteiger partial charge in [-0.3, -0.25) is 18.7 Å². The number of ether oxygens (including phenoxy) is 1. The molecule has 1 aromatic rings. The van der Waals surface area contributed by atoms with E-state index in [9.17, 15) is 14.4 Å². The van der Waals surface area contributed by atoms with Crippen molar-refractivity contribution in [2.24, 2.45) is 13.0 Å². The lowest BCUT2D eigenvalue weighted by Crippen LogP contribution is -2.41. The number of nitrogens with one attached hydrogen (secondary N) is 1. The normalized spacial score (nSPS) is 10.7. The van der Waals surface area contributed by atoms with E-state index in [0.29, 0.717) is 6.54 Å². The topological polar surface area (TPSA) is 108 Å². The smallest absolute Gasteiger partial charge is 0.332 e. The van der Waals surface area contributed by atoms with Crippen LogP contribution in [0, 0.1) is 5.92 Å². The molecule has 0 bridgehead atoms. The van der Waals surface area contributed by atoms with Gasteiger partial charge in [-0.25, -0.2) is 4.79 Å². The lowest BCUT2D eigenvalue weighted by atomic mass is 10.2. The molecule has 112 valence electrons. The molecule has 8 heteroatoms. The fraction of sp³-hybridized carbons (Fsp3) is 0.583. The number of aromatic nitrogens is 2. The predicted molar refractivity (Wildman–Crippen MR) is 75.7 cm³/mol. The van der Waals surface area contributed by atoms with Gasteiger partial charge < -0.3 is 15.8 Å². The molecule has 0 atom stereocenters. The first-order chi connectivity index (χ1) is 9.29. The van der Waals surface area contributed by atoms with E-state index in [1.54, 1.807) is 0 Å². The molecule has 1 heterocycles. The van der Waals surface area contributed by atoms with Crippen LogP contribution in [0.2, 0.25) is 0 Å². The Hall–Kier alpha value is -2.25. The molecule has 0 spiro atoms. The second-order valence-corrected chi connectivity index (χ2v) is 4.84. The Morgan fingerprint density at radius 2 is 2.00 bits per heavy atom. The van der Waals surface area contributed by atoms with E-state index in [-0.39, 0.29) is 24.0 Å². The number of nitrogens with zero attached hydrogens (tertiary/aromatic N) is 2. The number of carbonyl (C=O) groups excluding carboxylic acids is 1. The molecule has 0 aromatic carbocycles. The molecular formula is C12H20N4O4. The molecule has 1 aromatic heterocycles. The minimum atomic E-state index is -0.573. The summed E-state index contributed by atoms with van der Waals surface area (Å²) in [6.45, 7) is 4.04. The second kappa shape index (κ2) is 6.27. The number of hydrogen-bond acceptors (Lipinski definition) is 6. The van der Waals surface area contributed by atoms with Crippen LogP contribution in [-0.4, -0.2) is 28.8 Å². The number of hydrogen-bond donors (Lipinski definition) is 2. The fourth-order valence-corrected chi connectivity index (χ4v) is 1.72. The molecule has 3 N–H and O–H groups in total. The van der Waals surface area contributed by atoms with Crippen molar-refractivity contribution in [1.29, 1.82) is 0 Å². The largest absolute Gasteiger partial charge is 0.468 e. The van der Waals surface area contributed by atoms with Crippen molar-refractivity contribution in [1.82, 2.24) is 9.13 Å². The van der Waals surface area contributed by atoms with Gasteiger partial charge >= 0.3 is 11.7 Å². The van der Waals surface area contributed by atoms with E-state index in [4.69, 9.17) is 5.73 Å². The van der Waals surface area contributed by atoms with Crippen molar-refractivity contribution in [2.75, 3.05) is 24.7 Å². The molecule has 0 saturated carbocycles. The number of rotatable bonds is 5. The minimum absolute atomic E-state index is 0.0238. The summed E-state index contributed by atoms with van der Waals surface area (Å²) >= 11 is 0. The number of anilines is 2. The Morgan fingerprint density at radius 1 is 1.40 bits per heavy atom. The zero-order chi connectivity index (χ0) is 15.4. The molecule has 0 aliphatic carbocycles. The van der Waals surface area contributed by atoms with Crippen molar-refractivity contribution >= 4 is 17.5 Å². The number of carbonyl (C=O) groups is 1. The maximum Gasteiger partial charge on any atom is 0.332 e. The van der Waals surface area contributed by atoms with Crippen molar-refractivity contribution in [3.8, 4) is 0 Å². The van der Waals surface area contributed by atoms with Gasteiger partial charge in [-0.1, -0.05) is 13.8 Å². The molecule has 0 fully saturated rings. The number of esters is 1. The van der Waals surface area contributed by atoms with Crippen LogP contribution in [-0.2, 0) is 23.1 Å². The number of methoxy groups -OCH3 is 1. The van der Waals surface area contributed by atoms with E-state index in [2.05, 4.69) is 10.1 Å². The molecule has 0 unspecified atom stereocenters. The zero-order valence-corrected chi connectivity index (χ0v) is 12.1. The van der Waals surface area contributed by atoms with E-state index in [1.807, 2.05) is 13.8 Å². The first-order valence-electron chi connectivity index (χ1n) is 6.19. The molecule has 8 nitrogen and oxygen atoms in total. The van der Waals surface area contributed by atoms with Crippen molar-refractivity contribution < 1.29 is 9.53 Å². The average Bonchev–Trinajstić information content (AvgIpc) is 2.40. The molecule has 0 aliphatic heterocycles. The van der Waals surface area contributed by atoms with Crippen LogP contribution in [0.1, 0.15) is 13.8 Å². The van der Waals surface area contributed by atoms with Gasteiger partial charge in [0.2, 0.25) is 0 Å². The summed E-state index contributed by atoms with van der Waals surface area (Å²) in [4.78, 5) is 35.1. The highest BCUT2D eigenvalue weighted by Crippen LogP contribution is 2.12. The van der Waals surface area contributed by atoms with Gasteiger partial charge in [0, 0.05) is 13.6 Å². The lowest BCUT2D eigenvalue weighted by molar-refractivity contribution is -0.138. The maximum absolute atomic E-state index is 12.0. The average molecular weight is 284 g/mol. The third-order valence-electron chi connectivity index (χ3n) is 2.77. The molecule has 20 heavy (non-hydrogen) atoms. The highest BCUT2D eigenvalue weighted by atomic mass is 16.5. The van der Waals surface area contributed by atoms with Crippen LogP contribution < -0.4 is 22.3 Å². The molecule has 1 rings (SSSR count). The highest BCUT2D eigenvalue weighted by Gasteiger charge is 2.16. The van der Waals surface area contributed by atoms with Crippen LogP contribution in [0.3, 0.4) is 0 Å². The van der Waals surface area contributed by atoms with Gasteiger partial charge in [-0.2, -0.15) is 0 Å². The summed E-state index contributed by atoms with van der Waals surface area (Å²) in [5, 5.41) is 2.62. The third kappa shape index (κ3) is 3.19. The monoisotopic (exact) mass is 284 g/mol. The predicted octanol–water partition coefficient (Wildman–Crippen LogP) is -0.630. The standard InChI is InChI=1S/C12H20N4O4/c1-7(2)6-16-10(13)9(14-5-8(17)20-4)11(18)15(3)12(16)19/h7,14H,5-6,13H2,1-4H3. The fourth-order valence-electron chi connectivity index (χ4n) is 1.72. The first-order valence-corrected chi connectivity index (χ1v) is 6.19. The van der Waals surface area contributed by atoms with E-state index in [1.165, 1.54) is 18.7 Å². The molecule has 0 radical (unpaired) electrons. The summed E-state index contributed by atoms with van der Waals surface area (Å²) in [6, 6.07) is 0. The number of nitrogen functional groups attached to an aromatic ring is 1. The zero-order valence-electron chi connectivity index (χ0n) is 12.1. The first kappa shape index (κ1) is 15.8. The minimum Gasteiger partial charge on any atom is -0.468 e. The van der Waals surface area contributed by atoms with Gasteiger partial charge in [0.25, 0.3) is 5.56 Å². The molecule has 0 saturated heterocycles. The van der Waals surface area contributed by atoms with Crippen molar-refractivity contribution in [2.45, 2.75) is 20.4 Å². The molecular weight excluding hydrogens is 264 g/mol. The van der Waals surface area contributed by atoms with Gasteiger partial charge in [0.1, 0.15) is 18.1 Å². The Morgan fingerprint density at radius 3 is 2.50 bits per heavy atom. The summed E-state index contributed by atoms with van der Waals surface area (Å²) in [6.07, 6.45) is 0.